The molecular weight excluding hydrogens is 254 g/mol. The minimum absolute atomic E-state index is 0. The Morgan fingerprint density at radius 3 is 2.67 bits per heavy atom. The first-order valence-corrected chi connectivity index (χ1v) is 6.46. The van der Waals surface area contributed by atoms with Crippen LogP contribution < -0.4 is 16.0 Å². The van der Waals surface area contributed by atoms with Crippen LogP contribution in [-0.2, 0) is 9.59 Å². The van der Waals surface area contributed by atoms with Gasteiger partial charge in [0, 0.05) is 13.0 Å². The Morgan fingerprint density at radius 2 is 2.06 bits per heavy atom. The van der Waals surface area contributed by atoms with Gasteiger partial charge in [-0.05, 0) is 38.3 Å². The highest BCUT2D eigenvalue weighted by molar-refractivity contribution is 5.85. The molecule has 1 aliphatic rings. The summed E-state index contributed by atoms with van der Waals surface area (Å²) in [6.45, 7) is 4.80. The van der Waals surface area contributed by atoms with E-state index in [0.717, 1.165) is 25.9 Å². The standard InChI is InChI=1S/C12H23N3O2.ClH/c1-2-4-11(16)15-9-12(17)14-8-10-5-3-6-13-7-10;/h10,13H,2-9H2,1H3,(H,14,17)(H,15,16);1H. The number of carbonyl (C=O) groups excluding carboxylic acids is 2. The van der Waals surface area contributed by atoms with Gasteiger partial charge in [0.1, 0.15) is 0 Å². The topological polar surface area (TPSA) is 70.2 Å². The molecule has 1 heterocycles. The van der Waals surface area contributed by atoms with E-state index in [1.165, 1.54) is 6.42 Å². The van der Waals surface area contributed by atoms with Crippen molar-refractivity contribution in [1.82, 2.24) is 16.0 Å². The van der Waals surface area contributed by atoms with E-state index in [9.17, 15) is 9.59 Å². The number of nitrogens with one attached hydrogen (secondary N) is 3. The molecule has 18 heavy (non-hydrogen) atoms. The van der Waals surface area contributed by atoms with Crippen LogP contribution in [0.4, 0.5) is 0 Å². The van der Waals surface area contributed by atoms with Crippen LogP contribution in [-0.4, -0.2) is 38.0 Å². The van der Waals surface area contributed by atoms with Gasteiger partial charge in [-0.3, -0.25) is 9.59 Å². The number of hydrogen-bond donors (Lipinski definition) is 3. The molecule has 6 heteroatoms. The van der Waals surface area contributed by atoms with Gasteiger partial charge in [-0.25, -0.2) is 0 Å². The Kier molecular flexibility index (Phi) is 9.69. The van der Waals surface area contributed by atoms with E-state index >= 15 is 0 Å². The van der Waals surface area contributed by atoms with Gasteiger partial charge >= 0.3 is 0 Å². The number of piperidine rings is 1. The monoisotopic (exact) mass is 277 g/mol. The van der Waals surface area contributed by atoms with Crippen LogP contribution in [0.1, 0.15) is 32.6 Å². The van der Waals surface area contributed by atoms with Crippen LogP contribution in [0.5, 0.6) is 0 Å². The van der Waals surface area contributed by atoms with Gasteiger partial charge in [0.25, 0.3) is 0 Å². The van der Waals surface area contributed by atoms with Crippen molar-refractivity contribution in [3.8, 4) is 0 Å². The van der Waals surface area contributed by atoms with E-state index in [1.54, 1.807) is 0 Å². The van der Waals surface area contributed by atoms with Crippen molar-refractivity contribution in [1.29, 1.82) is 0 Å². The third-order valence-electron chi connectivity index (χ3n) is 2.91. The fraction of sp³-hybridized carbons (Fsp3) is 0.833. The lowest BCUT2D eigenvalue weighted by Gasteiger charge is -2.22. The lowest BCUT2D eigenvalue weighted by atomic mass is 10.00. The summed E-state index contributed by atoms with van der Waals surface area (Å²) in [5, 5.41) is 8.77. The Bertz CT molecular complexity index is 256. The lowest BCUT2D eigenvalue weighted by Crippen LogP contribution is -2.42. The van der Waals surface area contributed by atoms with Crippen LogP contribution in [0.2, 0.25) is 0 Å². The van der Waals surface area contributed by atoms with Crippen molar-refractivity contribution in [2.24, 2.45) is 5.92 Å². The highest BCUT2D eigenvalue weighted by atomic mass is 35.5. The SMILES string of the molecule is CCCC(=O)NCC(=O)NCC1CCCNC1.Cl. The normalized spacial score (nSPS) is 18.6. The first kappa shape index (κ1) is 17.2. The highest BCUT2D eigenvalue weighted by Gasteiger charge is 2.13. The summed E-state index contributed by atoms with van der Waals surface area (Å²) in [6, 6.07) is 0. The third kappa shape index (κ3) is 7.50. The second kappa shape index (κ2) is 10.1. The largest absolute Gasteiger partial charge is 0.354 e. The fourth-order valence-corrected chi connectivity index (χ4v) is 1.91. The molecular formula is C12H24ClN3O2. The number of rotatable bonds is 6. The van der Waals surface area contributed by atoms with Gasteiger partial charge in [0.2, 0.25) is 11.8 Å². The van der Waals surface area contributed by atoms with Crippen molar-refractivity contribution in [2.75, 3.05) is 26.2 Å². The lowest BCUT2D eigenvalue weighted by molar-refractivity contribution is -0.126. The highest BCUT2D eigenvalue weighted by Crippen LogP contribution is 2.07. The quantitative estimate of drug-likeness (QED) is 0.660. The number of carbonyl (C=O) groups is 2. The van der Waals surface area contributed by atoms with E-state index in [0.29, 0.717) is 18.9 Å². The molecule has 0 aromatic rings. The van der Waals surface area contributed by atoms with Crippen LogP contribution in [0.25, 0.3) is 0 Å². The predicted octanol–water partition coefficient (Wildman–Crippen LogP) is 0.440. The van der Waals surface area contributed by atoms with Crippen molar-refractivity contribution in [3.05, 3.63) is 0 Å². The maximum atomic E-state index is 11.4. The zero-order valence-electron chi connectivity index (χ0n) is 11.0. The summed E-state index contributed by atoms with van der Waals surface area (Å²) in [5.74, 6) is 0.376. The molecule has 0 aromatic heterocycles. The smallest absolute Gasteiger partial charge is 0.239 e. The average molecular weight is 278 g/mol. The Hall–Kier alpha value is -0.810. The molecule has 3 N–H and O–H groups in total. The molecule has 0 bridgehead atoms. The Labute approximate surface area is 115 Å². The van der Waals surface area contributed by atoms with Crippen LogP contribution in [0.3, 0.4) is 0 Å². The van der Waals surface area contributed by atoms with E-state index in [1.807, 2.05) is 6.92 Å². The van der Waals surface area contributed by atoms with E-state index < -0.39 is 0 Å². The molecule has 0 radical (unpaired) electrons. The first-order chi connectivity index (χ1) is 8.22. The molecule has 0 saturated carbocycles. The Balaban J connectivity index is 0.00000289. The van der Waals surface area contributed by atoms with E-state index in [4.69, 9.17) is 0 Å². The average Bonchev–Trinajstić information content (AvgIpc) is 2.35. The molecule has 106 valence electrons. The molecule has 0 aromatic carbocycles. The number of hydrogen-bond acceptors (Lipinski definition) is 3. The molecule has 1 atom stereocenters. The van der Waals surface area contributed by atoms with E-state index in [2.05, 4.69) is 16.0 Å². The molecule has 1 rings (SSSR count). The fourth-order valence-electron chi connectivity index (χ4n) is 1.91. The molecule has 1 unspecified atom stereocenters. The molecule has 0 aliphatic carbocycles. The summed E-state index contributed by atoms with van der Waals surface area (Å²) in [7, 11) is 0. The number of amides is 2. The zero-order valence-corrected chi connectivity index (χ0v) is 11.8. The first-order valence-electron chi connectivity index (χ1n) is 6.46. The molecule has 5 nitrogen and oxygen atoms in total. The summed E-state index contributed by atoms with van der Waals surface area (Å²) in [4.78, 5) is 22.6. The summed E-state index contributed by atoms with van der Waals surface area (Å²) < 4.78 is 0. The van der Waals surface area contributed by atoms with Crippen LogP contribution in [0, 0.1) is 5.92 Å². The molecule has 0 spiro atoms. The zero-order chi connectivity index (χ0) is 12.5. The molecule has 1 aliphatic heterocycles. The maximum absolute atomic E-state index is 11.4. The second-order valence-corrected chi connectivity index (χ2v) is 4.54. The molecule has 1 saturated heterocycles. The number of halogens is 1. The Morgan fingerprint density at radius 1 is 1.28 bits per heavy atom. The predicted molar refractivity (Wildman–Crippen MR) is 73.8 cm³/mol. The van der Waals surface area contributed by atoms with Gasteiger partial charge in [0.05, 0.1) is 6.54 Å². The van der Waals surface area contributed by atoms with Gasteiger partial charge in [0.15, 0.2) is 0 Å². The summed E-state index contributed by atoms with van der Waals surface area (Å²) in [6.07, 6.45) is 3.63. The summed E-state index contributed by atoms with van der Waals surface area (Å²) in [5.41, 5.74) is 0. The van der Waals surface area contributed by atoms with Crippen molar-refractivity contribution in [3.63, 3.8) is 0 Å². The van der Waals surface area contributed by atoms with Crippen molar-refractivity contribution < 1.29 is 9.59 Å². The minimum Gasteiger partial charge on any atom is -0.354 e. The minimum atomic E-state index is -0.0972. The van der Waals surface area contributed by atoms with Gasteiger partial charge in [-0.2, -0.15) is 0 Å². The third-order valence-corrected chi connectivity index (χ3v) is 2.91. The second-order valence-electron chi connectivity index (χ2n) is 4.54. The maximum Gasteiger partial charge on any atom is 0.239 e. The molecule has 1 fully saturated rings. The van der Waals surface area contributed by atoms with Gasteiger partial charge < -0.3 is 16.0 Å². The van der Waals surface area contributed by atoms with Crippen LogP contribution >= 0.6 is 12.4 Å². The summed E-state index contributed by atoms with van der Waals surface area (Å²) >= 11 is 0. The molecule has 2 amide bonds. The van der Waals surface area contributed by atoms with Crippen molar-refractivity contribution >= 4 is 24.2 Å². The van der Waals surface area contributed by atoms with Gasteiger partial charge in [-0.15, -0.1) is 12.4 Å². The van der Waals surface area contributed by atoms with Crippen LogP contribution in [0.15, 0.2) is 0 Å². The van der Waals surface area contributed by atoms with E-state index in [-0.39, 0.29) is 30.8 Å². The van der Waals surface area contributed by atoms with Crippen molar-refractivity contribution in [2.45, 2.75) is 32.6 Å². The van der Waals surface area contributed by atoms with Gasteiger partial charge in [-0.1, -0.05) is 6.92 Å².